The fourth-order valence-corrected chi connectivity index (χ4v) is 4.72. The zero-order chi connectivity index (χ0) is 18.7. The highest BCUT2D eigenvalue weighted by Crippen LogP contribution is 2.44. The summed E-state index contributed by atoms with van der Waals surface area (Å²) in [5.41, 5.74) is 19.6. The number of nitrogens with two attached hydrogens (primary N) is 2. The molecule has 0 saturated carbocycles. The minimum Gasteiger partial charge on any atom is -0.383 e. The van der Waals surface area contributed by atoms with Crippen molar-refractivity contribution in [2.45, 2.75) is 44.8 Å². The number of rotatable bonds is 1. The van der Waals surface area contributed by atoms with Crippen molar-refractivity contribution in [2.24, 2.45) is 5.73 Å². The van der Waals surface area contributed by atoms with E-state index in [0.717, 1.165) is 29.7 Å². The van der Waals surface area contributed by atoms with E-state index < -0.39 is 0 Å². The lowest BCUT2D eigenvalue weighted by atomic mass is 9.86. The zero-order valence-electron chi connectivity index (χ0n) is 15.6. The fraction of sp³-hybridized carbons (Fsp3) is 0.333. The summed E-state index contributed by atoms with van der Waals surface area (Å²) >= 11 is 0. The minimum absolute atomic E-state index is 0.128. The molecule has 1 aromatic carbocycles. The Bertz CT molecular complexity index is 1080. The van der Waals surface area contributed by atoms with Crippen LogP contribution in [0.4, 0.5) is 11.5 Å². The second-order valence-corrected chi connectivity index (χ2v) is 7.78. The van der Waals surface area contributed by atoms with E-state index in [2.05, 4.69) is 64.0 Å². The van der Waals surface area contributed by atoms with Gasteiger partial charge in [0.05, 0.1) is 5.39 Å². The molecule has 27 heavy (non-hydrogen) atoms. The highest BCUT2D eigenvalue weighted by Gasteiger charge is 2.33. The summed E-state index contributed by atoms with van der Waals surface area (Å²) in [4.78, 5) is 8.87. The number of anilines is 2. The van der Waals surface area contributed by atoms with Gasteiger partial charge in [0.25, 0.3) is 0 Å². The number of hydrogen-bond donors (Lipinski definition) is 3. The number of hydrogen-bond acceptors (Lipinski definition) is 5. The van der Waals surface area contributed by atoms with Gasteiger partial charge < -0.3 is 21.4 Å². The molecule has 2 unspecified atom stereocenters. The third-order valence-corrected chi connectivity index (χ3v) is 5.85. The molecule has 5 N–H and O–H groups in total. The molecule has 2 aromatic heterocycles. The van der Waals surface area contributed by atoms with Gasteiger partial charge in [0.2, 0.25) is 0 Å². The van der Waals surface area contributed by atoms with Crippen LogP contribution in [0.1, 0.15) is 43.0 Å². The first-order valence-electron chi connectivity index (χ1n) is 9.50. The topological polar surface area (TPSA) is 94.8 Å². The van der Waals surface area contributed by atoms with Crippen molar-refractivity contribution in [3.63, 3.8) is 0 Å². The molecule has 6 heteroatoms. The van der Waals surface area contributed by atoms with Gasteiger partial charge in [0, 0.05) is 35.6 Å². The van der Waals surface area contributed by atoms with Gasteiger partial charge in [-0.1, -0.05) is 25.1 Å². The van der Waals surface area contributed by atoms with Crippen molar-refractivity contribution in [1.29, 1.82) is 0 Å². The lowest BCUT2D eigenvalue weighted by Gasteiger charge is -2.31. The monoisotopic (exact) mass is 360 g/mol. The Morgan fingerprint density at radius 2 is 2.00 bits per heavy atom. The summed E-state index contributed by atoms with van der Waals surface area (Å²) in [6, 6.07) is 8.67. The van der Waals surface area contributed by atoms with Crippen molar-refractivity contribution in [3.05, 3.63) is 47.4 Å². The van der Waals surface area contributed by atoms with Crippen LogP contribution in [-0.2, 0) is 6.54 Å². The van der Waals surface area contributed by atoms with E-state index in [0.29, 0.717) is 11.7 Å². The molecule has 4 heterocycles. The Morgan fingerprint density at radius 1 is 1.19 bits per heavy atom. The van der Waals surface area contributed by atoms with Gasteiger partial charge in [-0.25, -0.2) is 9.97 Å². The molecule has 2 aliphatic heterocycles. The standard InChI is InChI=1S/C21H24N6/c1-11-7-14(22)9-27-19(11)17(18-20(23)24-10-25-21(18)27)15-8-13-5-3-4-6-16(13)26-12(15)2/h3-6,8,10-12,14,26H,7,9,22H2,1-2H3,(H2,23,24,25)/t11?,12?,14-/m0/s1. The Labute approximate surface area is 158 Å². The Morgan fingerprint density at radius 3 is 2.85 bits per heavy atom. The molecule has 0 saturated heterocycles. The first-order valence-corrected chi connectivity index (χ1v) is 9.50. The van der Waals surface area contributed by atoms with E-state index in [9.17, 15) is 0 Å². The second-order valence-electron chi connectivity index (χ2n) is 7.78. The predicted octanol–water partition coefficient (Wildman–Crippen LogP) is 3.20. The molecule has 138 valence electrons. The van der Waals surface area contributed by atoms with Crippen LogP contribution < -0.4 is 16.8 Å². The smallest absolute Gasteiger partial charge is 0.146 e. The van der Waals surface area contributed by atoms with E-state index in [1.807, 2.05) is 0 Å². The third kappa shape index (κ3) is 2.36. The Hall–Kier alpha value is -2.86. The summed E-state index contributed by atoms with van der Waals surface area (Å²) in [7, 11) is 0. The molecule has 0 radical (unpaired) electrons. The maximum atomic E-state index is 6.35. The summed E-state index contributed by atoms with van der Waals surface area (Å²) in [6.45, 7) is 5.20. The number of nitrogens with one attached hydrogen (secondary N) is 1. The summed E-state index contributed by atoms with van der Waals surface area (Å²) in [5.74, 6) is 0.868. The molecule has 0 bridgehead atoms. The summed E-state index contributed by atoms with van der Waals surface area (Å²) in [5, 5.41) is 4.58. The van der Waals surface area contributed by atoms with Crippen LogP contribution in [-0.4, -0.2) is 26.6 Å². The highest BCUT2D eigenvalue weighted by molar-refractivity contribution is 6.05. The first-order chi connectivity index (χ1) is 13.0. The molecule has 0 aliphatic carbocycles. The van der Waals surface area contributed by atoms with Gasteiger partial charge >= 0.3 is 0 Å². The zero-order valence-corrected chi connectivity index (χ0v) is 15.6. The second kappa shape index (κ2) is 5.82. The van der Waals surface area contributed by atoms with Gasteiger partial charge in [0.1, 0.15) is 17.8 Å². The molecule has 0 fully saturated rings. The molecular weight excluding hydrogens is 336 g/mol. The third-order valence-electron chi connectivity index (χ3n) is 5.85. The summed E-state index contributed by atoms with van der Waals surface area (Å²) in [6.07, 6.45) is 4.79. The van der Waals surface area contributed by atoms with Crippen LogP contribution in [0.15, 0.2) is 30.6 Å². The van der Waals surface area contributed by atoms with Crippen molar-refractivity contribution >= 4 is 34.2 Å². The van der Waals surface area contributed by atoms with E-state index in [1.54, 1.807) is 6.33 Å². The molecule has 2 aliphatic rings. The number of nitrogen functional groups attached to an aromatic ring is 1. The number of nitrogens with zero attached hydrogens (tertiary/aromatic N) is 3. The van der Waals surface area contributed by atoms with Crippen LogP contribution >= 0.6 is 0 Å². The van der Waals surface area contributed by atoms with E-state index in [-0.39, 0.29) is 12.1 Å². The van der Waals surface area contributed by atoms with Gasteiger partial charge in [0.15, 0.2) is 0 Å². The van der Waals surface area contributed by atoms with Crippen LogP contribution in [0.25, 0.3) is 22.7 Å². The van der Waals surface area contributed by atoms with Crippen molar-refractivity contribution in [3.8, 4) is 0 Å². The maximum absolute atomic E-state index is 6.35. The van der Waals surface area contributed by atoms with Crippen LogP contribution in [0.3, 0.4) is 0 Å². The predicted molar refractivity (Wildman–Crippen MR) is 110 cm³/mol. The first kappa shape index (κ1) is 16.3. The van der Waals surface area contributed by atoms with Gasteiger partial charge in [-0.05, 0) is 42.5 Å². The summed E-state index contributed by atoms with van der Waals surface area (Å²) < 4.78 is 2.26. The van der Waals surface area contributed by atoms with Gasteiger partial charge in [-0.15, -0.1) is 0 Å². The molecule has 3 aromatic rings. The molecule has 0 spiro atoms. The van der Waals surface area contributed by atoms with E-state index >= 15 is 0 Å². The molecule has 5 rings (SSSR count). The molecular formula is C21H24N6. The molecule has 6 nitrogen and oxygen atoms in total. The number of aromatic nitrogens is 3. The van der Waals surface area contributed by atoms with E-state index in [4.69, 9.17) is 11.5 Å². The van der Waals surface area contributed by atoms with Gasteiger partial charge in [-0.2, -0.15) is 0 Å². The minimum atomic E-state index is 0.128. The Kier molecular flexibility index (Phi) is 3.52. The van der Waals surface area contributed by atoms with Crippen LogP contribution in [0, 0.1) is 0 Å². The van der Waals surface area contributed by atoms with Crippen molar-refractivity contribution in [1.82, 2.24) is 14.5 Å². The van der Waals surface area contributed by atoms with Crippen molar-refractivity contribution in [2.75, 3.05) is 11.1 Å². The lowest BCUT2D eigenvalue weighted by molar-refractivity contribution is 0.421. The van der Waals surface area contributed by atoms with Crippen LogP contribution in [0.5, 0.6) is 0 Å². The van der Waals surface area contributed by atoms with Crippen molar-refractivity contribution < 1.29 is 0 Å². The maximum Gasteiger partial charge on any atom is 0.146 e. The average molecular weight is 360 g/mol. The highest BCUT2D eigenvalue weighted by atomic mass is 15.1. The fourth-order valence-electron chi connectivity index (χ4n) is 4.72. The quantitative estimate of drug-likeness (QED) is 0.619. The SMILES string of the molecule is CC1Nc2ccccc2C=C1c1c2n(c3ncnc(N)c13)C[C@@H](N)CC2C. The van der Waals surface area contributed by atoms with Gasteiger partial charge in [-0.3, -0.25) is 0 Å². The number of fused-ring (bicyclic) bond motifs is 4. The Balaban J connectivity index is 1.84. The molecule has 3 atom stereocenters. The van der Waals surface area contributed by atoms with Crippen LogP contribution in [0.2, 0.25) is 0 Å². The number of para-hydroxylation sites is 1. The average Bonchev–Trinajstić information content (AvgIpc) is 2.97. The normalized spacial score (nSPS) is 24.1. The van der Waals surface area contributed by atoms with E-state index in [1.165, 1.54) is 22.4 Å². The number of benzene rings is 1. The largest absolute Gasteiger partial charge is 0.383 e. The lowest BCUT2D eigenvalue weighted by Crippen LogP contribution is -2.34. The molecule has 0 amide bonds.